The molecule has 0 spiro atoms. The SMILES string of the molecule is CC(=O)NC(C)(C(=O)O)c1ccc(OC(F)(F)F)cc1. The van der Waals surface area contributed by atoms with Crippen LogP contribution < -0.4 is 10.1 Å². The number of benzene rings is 1. The third-order valence-corrected chi connectivity index (χ3v) is 2.52. The highest BCUT2D eigenvalue weighted by Crippen LogP contribution is 2.27. The van der Waals surface area contributed by atoms with Crippen LogP contribution in [0.2, 0.25) is 0 Å². The summed E-state index contributed by atoms with van der Waals surface area (Å²) in [4.78, 5) is 22.3. The van der Waals surface area contributed by atoms with Crippen LogP contribution in [-0.2, 0) is 15.1 Å². The van der Waals surface area contributed by atoms with Crippen molar-refractivity contribution < 1.29 is 32.6 Å². The lowest BCUT2D eigenvalue weighted by molar-refractivity contribution is -0.274. The number of aliphatic carboxylic acids is 1. The predicted octanol–water partition coefficient (Wildman–Crippen LogP) is 2.02. The summed E-state index contributed by atoms with van der Waals surface area (Å²) in [5.41, 5.74) is -1.61. The summed E-state index contributed by atoms with van der Waals surface area (Å²) in [6.45, 7) is 2.37. The number of amides is 1. The molecule has 0 aliphatic rings. The number of carboxylic acid groups (broad SMARTS) is 1. The van der Waals surface area contributed by atoms with Crippen molar-refractivity contribution in [3.63, 3.8) is 0 Å². The van der Waals surface area contributed by atoms with E-state index in [1.54, 1.807) is 0 Å². The number of alkyl halides is 3. The average molecular weight is 291 g/mol. The van der Waals surface area contributed by atoms with E-state index in [1.807, 2.05) is 0 Å². The summed E-state index contributed by atoms with van der Waals surface area (Å²) < 4.78 is 39.7. The molecule has 8 heteroatoms. The Balaban J connectivity index is 3.06. The van der Waals surface area contributed by atoms with Gasteiger partial charge in [-0.25, -0.2) is 4.79 Å². The summed E-state index contributed by atoms with van der Waals surface area (Å²) in [6.07, 6.45) is -4.82. The van der Waals surface area contributed by atoms with Crippen LogP contribution in [0.3, 0.4) is 0 Å². The van der Waals surface area contributed by atoms with E-state index in [9.17, 15) is 22.8 Å². The molecule has 0 aromatic heterocycles. The normalized spacial score (nSPS) is 14.2. The number of carbonyl (C=O) groups excluding carboxylic acids is 1. The Bertz CT molecular complexity index is 512. The Labute approximate surface area is 112 Å². The number of ether oxygens (including phenoxy) is 1. The van der Waals surface area contributed by atoms with Crippen molar-refractivity contribution in [3.05, 3.63) is 29.8 Å². The number of carbonyl (C=O) groups is 2. The van der Waals surface area contributed by atoms with E-state index in [2.05, 4.69) is 10.1 Å². The molecule has 0 radical (unpaired) electrons. The minimum Gasteiger partial charge on any atom is -0.479 e. The molecule has 1 aromatic rings. The van der Waals surface area contributed by atoms with E-state index >= 15 is 0 Å². The summed E-state index contributed by atoms with van der Waals surface area (Å²) >= 11 is 0. The van der Waals surface area contributed by atoms with Crippen molar-refractivity contribution in [2.75, 3.05) is 0 Å². The standard InChI is InChI=1S/C12H12F3NO4/c1-7(17)16-11(2,10(18)19)8-3-5-9(6-4-8)20-12(13,14)15/h3-6H,1-2H3,(H,16,17)(H,18,19). The Morgan fingerprint density at radius 3 is 2.05 bits per heavy atom. The molecule has 1 atom stereocenters. The van der Waals surface area contributed by atoms with Gasteiger partial charge in [-0.3, -0.25) is 4.79 Å². The molecular weight excluding hydrogens is 279 g/mol. The quantitative estimate of drug-likeness (QED) is 0.890. The van der Waals surface area contributed by atoms with Crippen molar-refractivity contribution in [2.24, 2.45) is 0 Å². The first-order valence-electron chi connectivity index (χ1n) is 5.43. The molecule has 2 N–H and O–H groups in total. The molecule has 0 saturated carbocycles. The van der Waals surface area contributed by atoms with Crippen LogP contribution >= 0.6 is 0 Å². The van der Waals surface area contributed by atoms with Crippen molar-refractivity contribution in [2.45, 2.75) is 25.7 Å². The third kappa shape index (κ3) is 3.87. The lowest BCUT2D eigenvalue weighted by Gasteiger charge is -2.26. The van der Waals surface area contributed by atoms with Gasteiger partial charge in [0.25, 0.3) is 0 Å². The van der Waals surface area contributed by atoms with Gasteiger partial charge in [-0.1, -0.05) is 12.1 Å². The maximum Gasteiger partial charge on any atom is 0.573 e. The van der Waals surface area contributed by atoms with Gasteiger partial charge in [0.1, 0.15) is 5.75 Å². The lowest BCUT2D eigenvalue weighted by atomic mass is 9.92. The number of carboxylic acids is 1. The monoisotopic (exact) mass is 291 g/mol. The Kier molecular flexibility index (Phi) is 4.26. The van der Waals surface area contributed by atoms with Gasteiger partial charge in [0.2, 0.25) is 5.91 Å². The fourth-order valence-electron chi connectivity index (χ4n) is 1.59. The molecule has 1 aromatic carbocycles. The van der Waals surface area contributed by atoms with E-state index in [0.29, 0.717) is 0 Å². The van der Waals surface area contributed by atoms with Gasteiger partial charge in [0, 0.05) is 6.92 Å². The molecule has 5 nitrogen and oxygen atoms in total. The number of rotatable bonds is 4. The highest BCUT2D eigenvalue weighted by molar-refractivity contribution is 5.86. The summed E-state index contributed by atoms with van der Waals surface area (Å²) in [7, 11) is 0. The first-order chi connectivity index (χ1) is 9.04. The maximum atomic E-state index is 12.0. The first-order valence-corrected chi connectivity index (χ1v) is 5.43. The second-order valence-corrected chi connectivity index (χ2v) is 4.18. The van der Waals surface area contributed by atoms with Crippen LogP contribution in [0, 0.1) is 0 Å². The van der Waals surface area contributed by atoms with E-state index in [0.717, 1.165) is 31.2 Å². The minimum atomic E-state index is -4.82. The van der Waals surface area contributed by atoms with Crippen molar-refractivity contribution in [1.82, 2.24) is 5.32 Å². The zero-order chi connectivity index (χ0) is 15.6. The molecule has 20 heavy (non-hydrogen) atoms. The highest BCUT2D eigenvalue weighted by atomic mass is 19.4. The Morgan fingerprint density at radius 1 is 1.20 bits per heavy atom. The van der Waals surface area contributed by atoms with Crippen LogP contribution in [0.1, 0.15) is 19.4 Å². The van der Waals surface area contributed by atoms with Gasteiger partial charge >= 0.3 is 12.3 Å². The summed E-state index contributed by atoms with van der Waals surface area (Å²) in [6, 6.07) is 4.24. The molecule has 1 unspecified atom stereocenters. The fourth-order valence-corrected chi connectivity index (χ4v) is 1.59. The fraction of sp³-hybridized carbons (Fsp3) is 0.333. The molecule has 0 heterocycles. The topological polar surface area (TPSA) is 75.6 Å². The van der Waals surface area contributed by atoms with E-state index in [4.69, 9.17) is 5.11 Å². The van der Waals surface area contributed by atoms with Crippen LogP contribution in [0.25, 0.3) is 0 Å². The van der Waals surface area contributed by atoms with E-state index in [1.165, 1.54) is 6.92 Å². The second-order valence-electron chi connectivity index (χ2n) is 4.18. The maximum absolute atomic E-state index is 12.0. The molecule has 0 aliphatic heterocycles. The van der Waals surface area contributed by atoms with Gasteiger partial charge in [-0.15, -0.1) is 13.2 Å². The van der Waals surface area contributed by atoms with Gasteiger partial charge in [-0.2, -0.15) is 0 Å². The molecule has 1 rings (SSSR count). The van der Waals surface area contributed by atoms with Gasteiger partial charge in [0.15, 0.2) is 5.54 Å². The number of halogens is 3. The molecule has 1 amide bonds. The number of nitrogens with one attached hydrogen (secondary N) is 1. The van der Waals surface area contributed by atoms with Crippen LogP contribution in [0.4, 0.5) is 13.2 Å². The number of hydrogen-bond donors (Lipinski definition) is 2. The van der Waals surface area contributed by atoms with Gasteiger partial charge in [-0.05, 0) is 24.6 Å². The zero-order valence-corrected chi connectivity index (χ0v) is 10.6. The van der Waals surface area contributed by atoms with Gasteiger partial charge < -0.3 is 15.2 Å². The largest absolute Gasteiger partial charge is 0.573 e. The molecule has 0 aliphatic carbocycles. The summed E-state index contributed by atoms with van der Waals surface area (Å²) in [5, 5.41) is 11.4. The Morgan fingerprint density at radius 2 is 1.70 bits per heavy atom. The smallest absolute Gasteiger partial charge is 0.479 e. The van der Waals surface area contributed by atoms with Crippen LogP contribution in [0.5, 0.6) is 5.75 Å². The Hall–Kier alpha value is -2.25. The van der Waals surface area contributed by atoms with E-state index in [-0.39, 0.29) is 5.56 Å². The molecule has 0 bridgehead atoms. The third-order valence-electron chi connectivity index (χ3n) is 2.52. The zero-order valence-electron chi connectivity index (χ0n) is 10.6. The molecule has 110 valence electrons. The van der Waals surface area contributed by atoms with Crippen molar-refractivity contribution in [1.29, 1.82) is 0 Å². The van der Waals surface area contributed by atoms with E-state index < -0.39 is 29.5 Å². The second kappa shape index (κ2) is 5.40. The van der Waals surface area contributed by atoms with Crippen molar-refractivity contribution >= 4 is 11.9 Å². The average Bonchev–Trinajstić information content (AvgIpc) is 2.26. The first kappa shape index (κ1) is 15.8. The number of hydrogen-bond acceptors (Lipinski definition) is 3. The molecule has 0 fully saturated rings. The van der Waals surface area contributed by atoms with Crippen LogP contribution in [-0.4, -0.2) is 23.3 Å². The summed E-state index contributed by atoms with van der Waals surface area (Å²) in [5.74, 6) is -2.39. The highest BCUT2D eigenvalue weighted by Gasteiger charge is 2.36. The molecule has 0 saturated heterocycles. The predicted molar refractivity (Wildman–Crippen MR) is 61.9 cm³/mol. The lowest BCUT2D eigenvalue weighted by Crippen LogP contribution is -2.48. The van der Waals surface area contributed by atoms with Gasteiger partial charge in [0.05, 0.1) is 0 Å². The minimum absolute atomic E-state index is 0.120. The van der Waals surface area contributed by atoms with Crippen LogP contribution in [0.15, 0.2) is 24.3 Å². The van der Waals surface area contributed by atoms with Crippen molar-refractivity contribution in [3.8, 4) is 5.75 Å². The molecular formula is C12H12F3NO4.